The average Bonchev–Trinajstić information content (AvgIpc) is 2.35. The Balaban J connectivity index is 2.29. The van der Waals surface area contributed by atoms with Gasteiger partial charge in [-0.25, -0.2) is 0 Å². The van der Waals surface area contributed by atoms with Crippen LogP contribution >= 0.6 is 0 Å². The molecule has 0 unspecified atom stereocenters. The van der Waals surface area contributed by atoms with E-state index in [9.17, 15) is 4.79 Å². The first-order valence-electron chi connectivity index (χ1n) is 6.22. The fourth-order valence-corrected chi connectivity index (χ4v) is 2.32. The van der Waals surface area contributed by atoms with Gasteiger partial charge in [-0.15, -0.1) is 0 Å². The molecule has 1 aromatic carbocycles. The molecule has 1 aliphatic heterocycles. The first-order valence-corrected chi connectivity index (χ1v) is 6.22. The van der Waals surface area contributed by atoms with E-state index in [1.54, 1.807) is 6.92 Å². The number of nitrogens with zero attached hydrogens (tertiary/aromatic N) is 1. The number of carbonyl (C=O) groups is 1. The molecule has 0 amide bonds. The molecule has 0 N–H and O–H groups in total. The van der Waals surface area contributed by atoms with Crippen molar-refractivity contribution in [1.82, 2.24) is 0 Å². The zero-order valence-corrected chi connectivity index (χ0v) is 10.6. The van der Waals surface area contributed by atoms with Crippen molar-refractivity contribution in [2.45, 2.75) is 26.7 Å². The summed E-state index contributed by atoms with van der Waals surface area (Å²) >= 11 is 0. The monoisotopic (exact) mass is 229 g/mol. The number of benzene rings is 1. The second-order valence-corrected chi connectivity index (χ2v) is 4.52. The molecule has 0 bridgehead atoms. The number of aryl methyl sites for hydroxylation is 1. The molecule has 2 rings (SSSR count). The van der Waals surface area contributed by atoms with Gasteiger partial charge in [-0.1, -0.05) is 12.2 Å². The van der Waals surface area contributed by atoms with Crippen LogP contribution in [0.25, 0.3) is 0 Å². The van der Waals surface area contributed by atoms with Crippen molar-refractivity contribution in [2.75, 3.05) is 18.0 Å². The molecular formula is C15H19NO. The lowest BCUT2D eigenvalue weighted by Gasteiger charge is -2.30. The first-order chi connectivity index (χ1) is 8.22. The predicted molar refractivity (Wildman–Crippen MR) is 71.8 cm³/mol. The Morgan fingerprint density at radius 3 is 3.00 bits per heavy atom. The summed E-state index contributed by atoms with van der Waals surface area (Å²) in [7, 11) is 0. The van der Waals surface area contributed by atoms with Gasteiger partial charge >= 0.3 is 0 Å². The normalized spacial score (nSPS) is 15.1. The summed E-state index contributed by atoms with van der Waals surface area (Å²) in [5.74, 6) is 0.151. The molecule has 17 heavy (non-hydrogen) atoms. The van der Waals surface area contributed by atoms with Gasteiger partial charge in [-0.3, -0.25) is 4.79 Å². The third-order valence-electron chi connectivity index (χ3n) is 3.26. The maximum absolute atomic E-state index is 11.4. The molecular weight excluding hydrogens is 210 g/mol. The number of rotatable bonds is 3. The average molecular weight is 229 g/mol. The maximum Gasteiger partial charge on any atom is 0.159 e. The number of hydrogen-bond acceptors (Lipinski definition) is 2. The number of allylic oxidation sites excluding steroid dienone is 1. The van der Waals surface area contributed by atoms with Crippen LogP contribution in [0.1, 0.15) is 36.2 Å². The summed E-state index contributed by atoms with van der Waals surface area (Å²) in [4.78, 5) is 13.7. The molecule has 2 heteroatoms. The van der Waals surface area contributed by atoms with E-state index in [1.807, 2.05) is 13.0 Å². The van der Waals surface area contributed by atoms with Crippen LogP contribution in [0.4, 0.5) is 5.69 Å². The van der Waals surface area contributed by atoms with Crippen LogP contribution in [0.5, 0.6) is 0 Å². The van der Waals surface area contributed by atoms with Gasteiger partial charge in [0.1, 0.15) is 0 Å². The van der Waals surface area contributed by atoms with Crippen LogP contribution in [0, 0.1) is 0 Å². The summed E-state index contributed by atoms with van der Waals surface area (Å²) < 4.78 is 0. The summed E-state index contributed by atoms with van der Waals surface area (Å²) in [6.45, 7) is 5.74. The molecule has 0 aliphatic carbocycles. The SMILES string of the molecule is C/C=C/CN1CCCc2cc(C(C)=O)ccc21. The topological polar surface area (TPSA) is 20.3 Å². The lowest BCUT2D eigenvalue weighted by Crippen LogP contribution is -2.29. The van der Waals surface area contributed by atoms with Gasteiger partial charge in [0.2, 0.25) is 0 Å². The van der Waals surface area contributed by atoms with Crippen molar-refractivity contribution < 1.29 is 4.79 Å². The molecule has 1 aliphatic rings. The molecule has 0 saturated carbocycles. The second-order valence-electron chi connectivity index (χ2n) is 4.52. The van der Waals surface area contributed by atoms with Crippen molar-refractivity contribution in [1.29, 1.82) is 0 Å². The summed E-state index contributed by atoms with van der Waals surface area (Å²) in [5.41, 5.74) is 3.43. The predicted octanol–water partition coefficient (Wildman–Crippen LogP) is 3.22. The first kappa shape index (κ1) is 11.9. The Kier molecular flexibility index (Phi) is 3.62. The molecule has 1 heterocycles. The van der Waals surface area contributed by atoms with E-state index >= 15 is 0 Å². The number of fused-ring (bicyclic) bond motifs is 1. The third-order valence-corrected chi connectivity index (χ3v) is 3.26. The molecule has 0 saturated heterocycles. The fraction of sp³-hybridized carbons (Fsp3) is 0.400. The number of Topliss-reactive ketones (excluding diaryl/α,β-unsaturated/α-hetero) is 1. The quantitative estimate of drug-likeness (QED) is 0.586. The Morgan fingerprint density at radius 2 is 2.29 bits per heavy atom. The Morgan fingerprint density at radius 1 is 1.47 bits per heavy atom. The van der Waals surface area contributed by atoms with Crippen LogP contribution in [0.2, 0.25) is 0 Å². The molecule has 0 radical (unpaired) electrons. The van der Waals surface area contributed by atoms with Gasteiger partial charge in [0.15, 0.2) is 5.78 Å². The van der Waals surface area contributed by atoms with E-state index in [0.29, 0.717) is 0 Å². The molecule has 1 aromatic rings. The van der Waals surface area contributed by atoms with Crippen molar-refractivity contribution in [2.24, 2.45) is 0 Å². The van der Waals surface area contributed by atoms with Crippen LogP contribution in [0.15, 0.2) is 30.4 Å². The van der Waals surface area contributed by atoms with Gasteiger partial charge in [0.05, 0.1) is 0 Å². The Bertz CT molecular complexity index is 448. The van der Waals surface area contributed by atoms with Gasteiger partial charge in [0.25, 0.3) is 0 Å². The van der Waals surface area contributed by atoms with Crippen LogP contribution < -0.4 is 4.90 Å². The molecule has 0 spiro atoms. The van der Waals surface area contributed by atoms with E-state index in [-0.39, 0.29) is 5.78 Å². The molecule has 0 aromatic heterocycles. The third kappa shape index (κ3) is 2.57. The minimum absolute atomic E-state index is 0.151. The minimum atomic E-state index is 0.151. The van der Waals surface area contributed by atoms with Crippen LogP contribution in [-0.4, -0.2) is 18.9 Å². The molecule has 2 nitrogen and oxygen atoms in total. The zero-order valence-electron chi connectivity index (χ0n) is 10.6. The standard InChI is InChI=1S/C15H19NO/c1-3-4-9-16-10-5-6-14-11-13(12(2)17)7-8-15(14)16/h3-4,7-8,11H,5-6,9-10H2,1-2H3/b4-3+. The van der Waals surface area contributed by atoms with Gasteiger partial charge < -0.3 is 4.90 Å². The van der Waals surface area contributed by atoms with Gasteiger partial charge in [-0.05, 0) is 50.5 Å². The highest BCUT2D eigenvalue weighted by Crippen LogP contribution is 2.28. The van der Waals surface area contributed by atoms with Crippen LogP contribution in [-0.2, 0) is 6.42 Å². The summed E-state index contributed by atoms with van der Waals surface area (Å²) in [6, 6.07) is 6.09. The summed E-state index contributed by atoms with van der Waals surface area (Å²) in [5, 5.41) is 0. The number of anilines is 1. The van der Waals surface area contributed by atoms with E-state index in [0.717, 1.165) is 25.1 Å². The lowest BCUT2D eigenvalue weighted by atomic mass is 9.98. The van der Waals surface area contributed by atoms with E-state index in [4.69, 9.17) is 0 Å². The van der Waals surface area contributed by atoms with Crippen molar-refractivity contribution in [3.63, 3.8) is 0 Å². The van der Waals surface area contributed by atoms with E-state index < -0.39 is 0 Å². The molecule has 0 atom stereocenters. The smallest absolute Gasteiger partial charge is 0.159 e. The number of carbonyl (C=O) groups excluding carboxylic acids is 1. The zero-order chi connectivity index (χ0) is 12.3. The Hall–Kier alpha value is -1.57. The maximum atomic E-state index is 11.4. The van der Waals surface area contributed by atoms with E-state index in [1.165, 1.54) is 17.7 Å². The molecule has 90 valence electrons. The van der Waals surface area contributed by atoms with Crippen LogP contribution in [0.3, 0.4) is 0 Å². The summed E-state index contributed by atoms with van der Waals surface area (Å²) in [6.07, 6.45) is 6.51. The fourth-order valence-electron chi connectivity index (χ4n) is 2.32. The Labute approximate surface area is 103 Å². The van der Waals surface area contributed by atoms with Gasteiger partial charge in [0, 0.05) is 24.3 Å². The van der Waals surface area contributed by atoms with E-state index in [2.05, 4.69) is 29.2 Å². The van der Waals surface area contributed by atoms with Crippen molar-refractivity contribution in [3.05, 3.63) is 41.5 Å². The largest absolute Gasteiger partial charge is 0.368 e. The highest BCUT2D eigenvalue weighted by Gasteiger charge is 2.16. The highest BCUT2D eigenvalue weighted by atomic mass is 16.1. The second kappa shape index (κ2) is 5.17. The lowest BCUT2D eigenvalue weighted by molar-refractivity contribution is 0.101. The minimum Gasteiger partial charge on any atom is -0.368 e. The number of ketones is 1. The molecule has 0 fully saturated rings. The van der Waals surface area contributed by atoms with Crippen molar-refractivity contribution >= 4 is 11.5 Å². The van der Waals surface area contributed by atoms with Crippen molar-refractivity contribution in [3.8, 4) is 0 Å². The number of hydrogen-bond donors (Lipinski definition) is 0. The highest BCUT2D eigenvalue weighted by molar-refractivity contribution is 5.94. The van der Waals surface area contributed by atoms with Gasteiger partial charge in [-0.2, -0.15) is 0 Å².